The molecule has 2 rings (SSSR count). The highest BCUT2D eigenvalue weighted by Crippen LogP contribution is 2.26. The first kappa shape index (κ1) is 14.4. The van der Waals surface area contributed by atoms with Crippen LogP contribution in [0.5, 0.6) is 0 Å². The average Bonchev–Trinajstić information content (AvgIpc) is 2.42. The van der Waals surface area contributed by atoms with Gasteiger partial charge in [0.05, 0.1) is 5.56 Å². The first-order chi connectivity index (χ1) is 9.08. The maximum atomic E-state index is 13.6. The molecule has 4 heteroatoms. The third kappa shape index (κ3) is 3.72. The highest BCUT2D eigenvalue weighted by Gasteiger charge is 2.22. The molecule has 0 aliphatic heterocycles. The summed E-state index contributed by atoms with van der Waals surface area (Å²) in [6, 6.07) is 4.39. The van der Waals surface area contributed by atoms with Crippen molar-refractivity contribution >= 4 is 18.5 Å². The minimum atomic E-state index is -0.494. The molecule has 1 N–H and O–H groups in total. The molecule has 0 spiro atoms. The van der Waals surface area contributed by atoms with E-state index in [4.69, 9.17) is 0 Å². The largest absolute Gasteiger partial charge is 0.349 e. The van der Waals surface area contributed by atoms with Crippen LogP contribution in [0.15, 0.2) is 23.1 Å². The van der Waals surface area contributed by atoms with Crippen molar-refractivity contribution in [3.63, 3.8) is 0 Å². The molecule has 1 atom stereocenters. The molecule has 1 saturated carbocycles. The van der Waals surface area contributed by atoms with Crippen LogP contribution >= 0.6 is 12.6 Å². The third-order valence-electron chi connectivity index (χ3n) is 3.91. The van der Waals surface area contributed by atoms with Crippen LogP contribution in [0.3, 0.4) is 0 Å². The molecular weight excluding hydrogens is 261 g/mol. The van der Waals surface area contributed by atoms with Gasteiger partial charge in [-0.2, -0.15) is 0 Å². The van der Waals surface area contributed by atoms with Gasteiger partial charge in [0.25, 0.3) is 5.91 Å². The van der Waals surface area contributed by atoms with E-state index in [0.717, 1.165) is 12.8 Å². The second-order valence-electron chi connectivity index (χ2n) is 5.32. The summed E-state index contributed by atoms with van der Waals surface area (Å²) in [5.41, 5.74) is 0.0789. The Hall–Kier alpha value is -1.03. The van der Waals surface area contributed by atoms with Gasteiger partial charge in [-0.3, -0.25) is 4.79 Å². The van der Waals surface area contributed by atoms with Gasteiger partial charge in [0.15, 0.2) is 0 Å². The molecule has 1 aliphatic carbocycles. The molecule has 2 nitrogen and oxygen atoms in total. The molecule has 1 fully saturated rings. The lowest BCUT2D eigenvalue weighted by molar-refractivity contribution is 0.0915. The number of hydrogen-bond acceptors (Lipinski definition) is 2. The topological polar surface area (TPSA) is 29.1 Å². The number of carbonyl (C=O) groups is 1. The van der Waals surface area contributed by atoms with Crippen LogP contribution in [0.4, 0.5) is 4.39 Å². The van der Waals surface area contributed by atoms with E-state index < -0.39 is 5.82 Å². The van der Waals surface area contributed by atoms with Gasteiger partial charge in [-0.05, 0) is 43.9 Å². The van der Waals surface area contributed by atoms with Crippen LogP contribution in [0.2, 0.25) is 0 Å². The molecule has 1 aliphatic rings. The van der Waals surface area contributed by atoms with Gasteiger partial charge in [0, 0.05) is 10.9 Å². The van der Waals surface area contributed by atoms with Crippen molar-refractivity contribution in [2.45, 2.75) is 50.0 Å². The van der Waals surface area contributed by atoms with E-state index in [2.05, 4.69) is 17.9 Å². The number of rotatable bonds is 3. The summed E-state index contributed by atoms with van der Waals surface area (Å²) in [5.74, 6) is -0.322. The predicted molar refractivity (Wildman–Crippen MR) is 77.2 cm³/mol. The molecule has 1 amide bonds. The summed E-state index contributed by atoms with van der Waals surface area (Å²) in [6.45, 7) is 2.01. The van der Waals surface area contributed by atoms with Crippen molar-refractivity contribution in [1.82, 2.24) is 5.32 Å². The number of amides is 1. The Morgan fingerprint density at radius 1 is 1.37 bits per heavy atom. The van der Waals surface area contributed by atoms with Crippen LogP contribution in [-0.4, -0.2) is 11.9 Å². The number of carbonyl (C=O) groups excluding carboxylic acids is 1. The first-order valence-electron chi connectivity index (χ1n) is 6.87. The van der Waals surface area contributed by atoms with Crippen LogP contribution in [-0.2, 0) is 0 Å². The molecule has 19 heavy (non-hydrogen) atoms. The monoisotopic (exact) mass is 281 g/mol. The molecule has 0 radical (unpaired) electrons. The molecule has 104 valence electrons. The van der Waals surface area contributed by atoms with E-state index in [1.807, 2.05) is 6.92 Å². The Balaban J connectivity index is 2.01. The maximum Gasteiger partial charge on any atom is 0.254 e. The standard InChI is InChI=1S/C15H20FNOS/c1-10(11-5-3-2-4-6-11)17-15(18)13-9-12(19)7-8-14(13)16/h7-11,19H,2-6H2,1H3,(H,17,18). The zero-order chi connectivity index (χ0) is 13.8. The molecule has 0 heterocycles. The van der Waals surface area contributed by atoms with Crippen LogP contribution in [0.25, 0.3) is 0 Å². The van der Waals surface area contributed by atoms with Crippen molar-refractivity contribution in [1.29, 1.82) is 0 Å². The number of nitrogens with one attached hydrogen (secondary N) is 1. The molecule has 1 aromatic rings. The maximum absolute atomic E-state index is 13.6. The van der Waals surface area contributed by atoms with Gasteiger partial charge in [0.2, 0.25) is 0 Å². The van der Waals surface area contributed by atoms with Crippen LogP contribution in [0.1, 0.15) is 49.4 Å². The Morgan fingerprint density at radius 3 is 2.74 bits per heavy atom. The summed E-state index contributed by atoms with van der Waals surface area (Å²) in [7, 11) is 0. The zero-order valence-electron chi connectivity index (χ0n) is 11.2. The molecule has 0 saturated heterocycles. The van der Waals surface area contributed by atoms with E-state index in [9.17, 15) is 9.18 Å². The van der Waals surface area contributed by atoms with Crippen LogP contribution in [0, 0.1) is 11.7 Å². The van der Waals surface area contributed by atoms with Crippen molar-refractivity contribution in [3.05, 3.63) is 29.6 Å². The highest BCUT2D eigenvalue weighted by atomic mass is 32.1. The van der Waals surface area contributed by atoms with E-state index >= 15 is 0 Å². The van der Waals surface area contributed by atoms with Gasteiger partial charge in [-0.1, -0.05) is 19.3 Å². The minimum absolute atomic E-state index is 0.0789. The Labute approximate surface area is 119 Å². The third-order valence-corrected chi connectivity index (χ3v) is 4.19. The van der Waals surface area contributed by atoms with E-state index in [1.165, 1.54) is 31.4 Å². The Kier molecular flexibility index (Phi) is 4.86. The lowest BCUT2D eigenvalue weighted by atomic mass is 9.84. The molecular formula is C15H20FNOS. The molecule has 0 bridgehead atoms. The van der Waals surface area contributed by atoms with Gasteiger partial charge in [0.1, 0.15) is 5.82 Å². The van der Waals surface area contributed by atoms with Crippen molar-refractivity contribution < 1.29 is 9.18 Å². The van der Waals surface area contributed by atoms with Crippen molar-refractivity contribution in [2.24, 2.45) is 5.92 Å². The number of hydrogen-bond donors (Lipinski definition) is 2. The minimum Gasteiger partial charge on any atom is -0.349 e. The van der Waals surface area contributed by atoms with Gasteiger partial charge in [-0.15, -0.1) is 12.6 Å². The Morgan fingerprint density at radius 2 is 2.05 bits per heavy atom. The van der Waals surface area contributed by atoms with E-state index in [0.29, 0.717) is 10.8 Å². The first-order valence-corrected chi connectivity index (χ1v) is 7.32. The highest BCUT2D eigenvalue weighted by molar-refractivity contribution is 7.80. The zero-order valence-corrected chi connectivity index (χ0v) is 12.1. The normalized spacial score (nSPS) is 18.1. The van der Waals surface area contributed by atoms with Crippen LogP contribution < -0.4 is 5.32 Å². The number of halogens is 1. The fraction of sp³-hybridized carbons (Fsp3) is 0.533. The van der Waals surface area contributed by atoms with E-state index in [-0.39, 0.29) is 17.5 Å². The SMILES string of the molecule is CC(NC(=O)c1cc(S)ccc1F)C1CCCCC1. The molecule has 0 aromatic heterocycles. The lowest BCUT2D eigenvalue weighted by Gasteiger charge is -2.28. The fourth-order valence-electron chi connectivity index (χ4n) is 2.72. The summed E-state index contributed by atoms with van der Waals surface area (Å²) in [5, 5.41) is 2.92. The van der Waals surface area contributed by atoms with Crippen molar-refractivity contribution in [2.75, 3.05) is 0 Å². The molecule has 1 unspecified atom stereocenters. The van der Waals surface area contributed by atoms with E-state index in [1.54, 1.807) is 6.07 Å². The predicted octanol–water partition coefficient (Wildman–Crippen LogP) is 3.81. The second-order valence-corrected chi connectivity index (χ2v) is 5.84. The summed E-state index contributed by atoms with van der Waals surface area (Å²) in [6.07, 6.45) is 6.04. The van der Waals surface area contributed by atoms with Gasteiger partial charge >= 0.3 is 0 Å². The fourth-order valence-corrected chi connectivity index (χ4v) is 2.93. The van der Waals surface area contributed by atoms with Gasteiger partial charge in [-0.25, -0.2) is 4.39 Å². The molecule has 1 aromatic carbocycles. The summed E-state index contributed by atoms with van der Waals surface area (Å²) in [4.78, 5) is 12.7. The second kappa shape index (κ2) is 6.42. The number of benzene rings is 1. The lowest BCUT2D eigenvalue weighted by Crippen LogP contribution is -2.39. The number of thiol groups is 1. The van der Waals surface area contributed by atoms with Crippen molar-refractivity contribution in [3.8, 4) is 0 Å². The smallest absolute Gasteiger partial charge is 0.254 e. The quantitative estimate of drug-likeness (QED) is 0.810. The Bertz CT molecular complexity index is 457. The summed E-state index contributed by atoms with van der Waals surface area (Å²) >= 11 is 4.14. The average molecular weight is 281 g/mol. The summed E-state index contributed by atoms with van der Waals surface area (Å²) < 4.78 is 13.6. The van der Waals surface area contributed by atoms with Gasteiger partial charge < -0.3 is 5.32 Å².